The fraction of sp³-hybridized carbons (Fsp3) is 0.143. The number of hydrogen-bond acceptors (Lipinski definition) is 1. The molecule has 2 rings (SSSR count). The minimum absolute atomic E-state index is 0.137. The lowest BCUT2D eigenvalue weighted by atomic mass is 10.0. The summed E-state index contributed by atoms with van der Waals surface area (Å²) in [7, 11) is 1.65. The van der Waals surface area contributed by atoms with E-state index in [1.807, 2.05) is 30.3 Å². The minimum Gasteiger partial charge on any atom is -0.372 e. The van der Waals surface area contributed by atoms with Crippen molar-refractivity contribution in [1.29, 1.82) is 0 Å². The quantitative estimate of drug-likeness (QED) is 0.762. The van der Waals surface area contributed by atoms with Gasteiger partial charge < -0.3 is 4.74 Å². The van der Waals surface area contributed by atoms with Crippen molar-refractivity contribution in [3.63, 3.8) is 0 Å². The van der Waals surface area contributed by atoms with E-state index >= 15 is 0 Å². The van der Waals surface area contributed by atoms with Crippen molar-refractivity contribution in [3.8, 4) is 0 Å². The van der Waals surface area contributed by atoms with Crippen molar-refractivity contribution in [2.45, 2.75) is 6.10 Å². The predicted molar refractivity (Wildman–Crippen MR) is 61.7 cm³/mol. The average molecular weight is 216 g/mol. The molecule has 16 heavy (non-hydrogen) atoms. The normalized spacial score (nSPS) is 12.4. The molecule has 2 aromatic rings. The molecule has 2 aromatic carbocycles. The van der Waals surface area contributed by atoms with Crippen LogP contribution >= 0.6 is 0 Å². The molecule has 0 amide bonds. The molecule has 2 heteroatoms. The van der Waals surface area contributed by atoms with Gasteiger partial charge in [0.1, 0.15) is 11.9 Å². The summed E-state index contributed by atoms with van der Waals surface area (Å²) in [5, 5.41) is 0. The summed E-state index contributed by atoms with van der Waals surface area (Å²) in [6.45, 7) is 0. The van der Waals surface area contributed by atoms with E-state index < -0.39 is 0 Å². The molecule has 0 aliphatic rings. The summed E-state index contributed by atoms with van der Waals surface area (Å²) >= 11 is 0. The van der Waals surface area contributed by atoms with Crippen LogP contribution < -0.4 is 0 Å². The highest BCUT2D eigenvalue weighted by molar-refractivity contribution is 5.30. The Morgan fingerprint density at radius 2 is 1.44 bits per heavy atom. The lowest BCUT2D eigenvalue weighted by Gasteiger charge is -2.16. The summed E-state index contributed by atoms with van der Waals surface area (Å²) in [4.78, 5) is 0. The maximum atomic E-state index is 12.8. The number of rotatable bonds is 3. The molecule has 0 saturated carbocycles. The van der Waals surface area contributed by atoms with Gasteiger partial charge in [-0.05, 0) is 23.3 Å². The van der Waals surface area contributed by atoms with E-state index in [4.69, 9.17) is 4.74 Å². The highest BCUT2D eigenvalue weighted by Crippen LogP contribution is 2.24. The largest absolute Gasteiger partial charge is 0.372 e. The third-order valence-corrected chi connectivity index (χ3v) is 2.51. The lowest BCUT2D eigenvalue weighted by Crippen LogP contribution is -2.03. The third kappa shape index (κ3) is 2.28. The number of hydrogen-bond donors (Lipinski definition) is 0. The van der Waals surface area contributed by atoms with Gasteiger partial charge in [0.25, 0.3) is 0 Å². The zero-order valence-electron chi connectivity index (χ0n) is 9.06. The molecule has 0 aliphatic carbocycles. The average Bonchev–Trinajstić information content (AvgIpc) is 2.34. The van der Waals surface area contributed by atoms with Crippen molar-refractivity contribution < 1.29 is 9.13 Å². The van der Waals surface area contributed by atoms with Crippen molar-refractivity contribution in [2.75, 3.05) is 7.11 Å². The monoisotopic (exact) mass is 216 g/mol. The van der Waals surface area contributed by atoms with E-state index in [0.29, 0.717) is 0 Å². The first-order valence-corrected chi connectivity index (χ1v) is 5.14. The molecule has 0 heterocycles. The molecule has 0 bridgehead atoms. The maximum absolute atomic E-state index is 12.8. The summed E-state index contributed by atoms with van der Waals surface area (Å²) < 4.78 is 18.3. The molecule has 0 spiro atoms. The van der Waals surface area contributed by atoms with Crippen LogP contribution in [-0.2, 0) is 4.74 Å². The molecule has 0 N–H and O–H groups in total. The minimum atomic E-state index is -0.230. The Bertz CT molecular complexity index is 436. The van der Waals surface area contributed by atoms with Gasteiger partial charge in [0.05, 0.1) is 0 Å². The summed E-state index contributed by atoms with van der Waals surface area (Å²) in [6.07, 6.45) is -0.137. The van der Waals surface area contributed by atoms with E-state index in [1.54, 1.807) is 19.2 Å². The standard InChI is InChI=1S/C14H13FO/c1-16-14(11-5-3-2-4-6-11)12-7-9-13(15)10-8-12/h2-10,14H,1H3/t14-/m1/s1. The Morgan fingerprint density at radius 3 is 2.00 bits per heavy atom. The summed E-state index contributed by atoms with van der Waals surface area (Å²) in [6, 6.07) is 16.3. The summed E-state index contributed by atoms with van der Waals surface area (Å²) in [5.41, 5.74) is 2.02. The van der Waals surface area contributed by atoms with Gasteiger partial charge in [-0.2, -0.15) is 0 Å². The third-order valence-electron chi connectivity index (χ3n) is 2.51. The molecule has 1 atom stereocenters. The number of methoxy groups -OCH3 is 1. The molecule has 1 nitrogen and oxygen atoms in total. The Hall–Kier alpha value is -1.67. The Morgan fingerprint density at radius 1 is 0.875 bits per heavy atom. The van der Waals surface area contributed by atoms with E-state index in [1.165, 1.54) is 12.1 Å². The molecule has 0 aromatic heterocycles. The first-order valence-electron chi connectivity index (χ1n) is 5.14. The van der Waals surface area contributed by atoms with Crippen LogP contribution in [0.3, 0.4) is 0 Å². The van der Waals surface area contributed by atoms with Gasteiger partial charge in [-0.1, -0.05) is 42.5 Å². The second-order valence-electron chi connectivity index (χ2n) is 3.58. The van der Waals surface area contributed by atoms with Crippen LogP contribution in [0, 0.1) is 5.82 Å². The SMILES string of the molecule is CO[C@H](c1ccccc1)c1ccc(F)cc1. The zero-order chi connectivity index (χ0) is 11.4. The van der Waals surface area contributed by atoms with E-state index in [2.05, 4.69) is 0 Å². The van der Waals surface area contributed by atoms with Gasteiger partial charge in [0.2, 0.25) is 0 Å². The van der Waals surface area contributed by atoms with Crippen LogP contribution in [0.4, 0.5) is 4.39 Å². The first-order chi connectivity index (χ1) is 7.81. The molecule has 0 unspecified atom stereocenters. The van der Waals surface area contributed by atoms with Crippen molar-refractivity contribution in [3.05, 3.63) is 71.5 Å². The van der Waals surface area contributed by atoms with Gasteiger partial charge in [-0.25, -0.2) is 4.39 Å². The highest BCUT2D eigenvalue weighted by Gasteiger charge is 2.12. The smallest absolute Gasteiger partial charge is 0.123 e. The van der Waals surface area contributed by atoms with E-state index in [0.717, 1.165) is 11.1 Å². The Kier molecular flexibility index (Phi) is 3.32. The van der Waals surface area contributed by atoms with Gasteiger partial charge in [-0.3, -0.25) is 0 Å². The second-order valence-corrected chi connectivity index (χ2v) is 3.58. The van der Waals surface area contributed by atoms with Crippen LogP contribution in [0.5, 0.6) is 0 Å². The Balaban J connectivity index is 2.33. The molecule has 82 valence electrons. The molecule has 0 fully saturated rings. The molecule has 0 radical (unpaired) electrons. The summed E-state index contributed by atoms with van der Waals surface area (Å²) in [5.74, 6) is -0.230. The Labute approximate surface area is 94.5 Å². The molecule has 0 aliphatic heterocycles. The maximum Gasteiger partial charge on any atom is 0.123 e. The van der Waals surface area contributed by atoms with Crippen molar-refractivity contribution >= 4 is 0 Å². The molecule has 0 saturated heterocycles. The molecular formula is C14H13FO. The van der Waals surface area contributed by atoms with E-state index in [-0.39, 0.29) is 11.9 Å². The predicted octanol–water partition coefficient (Wildman–Crippen LogP) is 3.56. The topological polar surface area (TPSA) is 9.23 Å². The van der Waals surface area contributed by atoms with Crippen LogP contribution in [0.1, 0.15) is 17.2 Å². The molecular weight excluding hydrogens is 203 g/mol. The van der Waals surface area contributed by atoms with E-state index in [9.17, 15) is 4.39 Å². The second kappa shape index (κ2) is 4.90. The zero-order valence-corrected chi connectivity index (χ0v) is 9.06. The van der Waals surface area contributed by atoms with Gasteiger partial charge in [-0.15, -0.1) is 0 Å². The first kappa shape index (κ1) is 10.8. The van der Waals surface area contributed by atoms with Crippen LogP contribution in [0.2, 0.25) is 0 Å². The van der Waals surface area contributed by atoms with Crippen LogP contribution in [0.15, 0.2) is 54.6 Å². The van der Waals surface area contributed by atoms with Crippen molar-refractivity contribution in [1.82, 2.24) is 0 Å². The van der Waals surface area contributed by atoms with Gasteiger partial charge in [0, 0.05) is 7.11 Å². The van der Waals surface area contributed by atoms with Crippen LogP contribution in [0.25, 0.3) is 0 Å². The highest BCUT2D eigenvalue weighted by atomic mass is 19.1. The van der Waals surface area contributed by atoms with Gasteiger partial charge >= 0.3 is 0 Å². The number of ether oxygens (including phenoxy) is 1. The number of benzene rings is 2. The lowest BCUT2D eigenvalue weighted by molar-refractivity contribution is 0.136. The van der Waals surface area contributed by atoms with Crippen molar-refractivity contribution in [2.24, 2.45) is 0 Å². The number of halogens is 1. The van der Waals surface area contributed by atoms with Gasteiger partial charge in [0.15, 0.2) is 0 Å². The fourth-order valence-corrected chi connectivity index (χ4v) is 1.73. The fourth-order valence-electron chi connectivity index (χ4n) is 1.73. The van der Waals surface area contributed by atoms with Crippen LogP contribution in [-0.4, -0.2) is 7.11 Å².